The van der Waals surface area contributed by atoms with Gasteiger partial charge in [-0.25, -0.2) is 8.78 Å². The van der Waals surface area contributed by atoms with Crippen molar-refractivity contribution in [2.24, 2.45) is 0 Å². The molecule has 0 aliphatic heterocycles. The first kappa shape index (κ1) is 22.3. The number of rotatable bonds is 9. The van der Waals surface area contributed by atoms with E-state index in [1.807, 2.05) is 6.07 Å². The number of aromatic nitrogens is 4. The van der Waals surface area contributed by atoms with Gasteiger partial charge < -0.3 is 9.42 Å². The molecule has 0 aliphatic carbocycles. The molecule has 0 bridgehead atoms. The van der Waals surface area contributed by atoms with Gasteiger partial charge in [-0.05, 0) is 67.4 Å². The van der Waals surface area contributed by atoms with E-state index in [4.69, 9.17) is 4.52 Å². The standard InChI is InChI=1S/C24H23F2N5O2/c1-31(14-2-3-20-15-21(29-28-20)16-4-8-18(25)9-5-16)23(32)13-12-22-27-24(30-33-22)17-6-10-19(26)11-7-17/h4-11,15H,2-3,12-14H2,1H3,(H,28,29). The van der Waals surface area contributed by atoms with Crippen LogP contribution in [-0.2, 0) is 17.6 Å². The van der Waals surface area contributed by atoms with Crippen molar-refractivity contribution in [3.05, 3.63) is 77.8 Å². The first-order valence-electron chi connectivity index (χ1n) is 10.6. The first-order chi connectivity index (χ1) is 16.0. The molecule has 1 N–H and O–H groups in total. The summed E-state index contributed by atoms with van der Waals surface area (Å²) in [4.78, 5) is 18.4. The number of hydrogen-bond donors (Lipinski definition) is 1. The zero-order chi connectivity index (χ0) is 23.2. The van der Waals surface area contributed by atoms with Crippen molar-refractivity contribution >= 4 is 5.91 Å². The van der Waals surface area contributed by atoms with Crippen molar-refractivity contribution < 1.29 is 18.1 Å². The summed E-state index contributed by atoms with van der Waals surface area (Å²) in [6.45, 7) is 0.592. The Morgan fingerprint density at radius 2 is 1.67 bits per heavy atom. The summed E-state index contributed by atoms with van der Waals surface area (Å²) < 4.78 is 31.3. The van der Waals surface area contributed by atoms with E-state index in [-0.39, 0.29) is 24.0 Å². The molecule has 2 aromatic heterocycles. The smallest absolute Gasteiger partial charge is 0.227 e. The van der Waals surface area contributed by atoms with Gasteiger partial charge in [-0.1, -0.05) is 5.16 Å². The summed E-state index contributed by atoms with van der Waals surface area (Å²) in [5, 5.41) is 11.2. The SMILES string of the molecule is CN(CCCc1cc(-c2ccc(F)cc2)n[nH]1)C(=O)CCc1nc(-c2ccc(F)cc2)no1. The molecule has 2 heterocycles. The maximum absolute atomic E-state index is 13.1. The Bertz CT molecular complexity index is 1200. The highest BCUT2D eigenvalue weighted by Crippen LogP contribution is 2.19. The summed E-state index contributed by atoms with van der Waals surface area (Å²) in [6.07, 6.45) is 2.08. The van der Waals surface area contributed by atoms with E-state index in [0.29, 0.717) is 30.2 Å². The second-order valence-electron chi connectivity index (χ2n) is 7.72. The number of halogens is 2. The summed E-state index contributed by atoms with van der Waals surface area (Å²) >= 11 is 0. The summed E-state index contributed by atoms with van der Waals surface area (Å²) in [6, 6.07) is 13.9. The highest BCUT2D eigenvalue weighted by Gasteiger charge is 2.14. The van der Waals surface area contributed by atoms with Crippen LogP contribution in [0.5, 0.6) is 0 Å². The third kappa shape index (κ3) is 5.88. The highest BCUT2D eigenvalue weighted by atomic mass is 19.1. The second kappa shape index (κ2) is 10.2. The van der Waals surface area contributed by atoms with Crippen LogP contribution in [0, 0.1) is 11.6 Å². The molecule has 4 rings (SSSR count). The summed E-state index contributed by atoms with van der Waals surface area (Å²) in [7, 11) is 1.76. The van der Waals surface area contributed by atoms with E-state index in [1.165, 1.54) is 24.3 Å². The van der Waals surface area contributed by atoms with Crippen molar-refractivity contribution in [1.82, 2.24) is 25.2 Å². The molecule has 4 aromatic rings. The number of carbonyl (C=O) groups excluding carboxylic acids is 1. The highest BCUT2D eigenvalue weighted by molar-refractivity contribution is 5.76. The maximum atomic E-state index is 13.1. The Balaban J connectivity index is 1.21. The minimum Gasteiger partial charge on any atom is -0.346 e. The lowest BCUT2D eigenvalue weighted by molar-refractivity contribution is -0.130. The summed E-state index contributed by atoms with van der Waals surface area (Å²) in [5.41, 5.74) is 3.20. The average molecular weight is 451 g/mol. The Kier molecular flexibility index (Phi) is 6.87. The Morgan fingerprint density at radius 1 is 1.00 bits per heavy atom. The lowest BCUT2D eigenvalue weighted by Crippen LogP contribution is -2.28. The van der Waals surface area contributed by atoms with Gasteiger partial charge in [-0.15, -0.1) is 0 Å². The predicted molar refractivity (Wildman–Crippen MR) is 118 cm³/mol. The third-order valence-electron chi connectivity index (χ3n) is 5.26. The van der Waals surface area contributed by atoms with Crippen LogP contribution in [0.1, 0.15) is 24.4 Å². The zero-order valence-corrected chi connectivity index (χ0v) is 18.1. The van der Waals surface area contributed by atoms with Crippen molar-refractivity contribution in [3.63, 3.8) is 0 Å². The lowest BCUT2D eigenvalue weighted by atomic mass is 10.1. The van der Waals surface area contributed by atoms with Crippen LogP contribution in [0.4, 0.5) is 8.78 Å². The summed E-state index contributed by atoms with van der Waals surface area (Å²) in [5.74, 6) is 0.0898. The van der Waals surface area contributed by atoms with Gasteiger partial charge in [0.05, 0.1) is 5.69 Å². The van der Waals surface area contributed by atoms with Gasteiger partial charge in [0.15, 0.2) is 0 Å². The Labute approximate surface area is 189 Å². The van der Waals surface area contributed by atoms with Gasteiger partial charge in [0, 0.05) is 43.3 Å². The number of nitrogens with one attached hydrogen (secondary N) is 1. The molecule has 7 nitrogen and oxygen atoms in total. The maximum Gasteiger partial charge on any atom is 0.227 e. The van der Waals surface area contributed by atoms with Crippen molar-refractivity contribution in [3.8, 4) is 22.6 Å². The number of nitrogens with zero attached hydrogens (tertiary/aromatic N) is 4. The number of aryl methyl sites for hydroxylation is 2. The fourth-order valence-electron chi connectivity index (χ4n) is 3.37. The average Bonchev–Trinajstić information content (AvgIpc) is 3.48. The van der Waals surface area contributed by atoms with Crippen molar-refractivity contribution in [2.45, 2.75) is 25.7 Å². The van der Waals surface area contributed by atoms with Gasteiger partial charge in [0.2, 0.25) is 17.6 Å². The van der Waals surface area contributed by atoms with E-state index < -0.39 is 0 Å². The van der Waals surface area contributed by atoms with E-state index in [1.54, 1.807) is 36.2 Å². The predicted octanol–water partition coefficient (Wildman–Crippen LogP) is 4.43. The molecule has 0 atom stereocenters. The Morgan fingerprint density at radius 3 is 2.36 bits per heavy atom. The van der Waals surface area contributed by atoms with Crippen LogP contribution in [0.25, 0.3) is 22.6 Å². The third-order valence-corrected chi connectivity index (χ3v) is 5.26. The molecular formula is C24H23F2N5O2. The van der Waals surface area contributed by atoms with Crippen LogP contribution in [-0.4, -0.2) is 44.7 Å². The molecule has 0 aliphatic rings. The minimum atomic E-state index is -0.336. The number of aromatic amines is 1. The molecule has 170 valence electrons. The van der Waals surface area contributed by atoms with Gasteiger partial charge in [-0.3, -0.25) is 9.89 Å². The number of hydrogen-bond acceptors (Lipinski definition) is 5. The Hall–Kier alpha value is -3.88. The van der Waals surface area contributed by atoms with Crippen LogP contribution < -0.4 is 0 Å². The largest absolute Gasteiger partial charge is 0.346 e. The monoisotopic (exact) mass is 451 g/mol. The van der Waals surface area contributed by atoms with Gasteiger partial charge in [-0.2, -0.15) is 10.1 Å². The van der Waals surface area contributed by atoms with Crippen LogP contribution in [0.15, 0.2) is 59.1 Å². The fourth-order valence-corrected chi connectivity index (χ4v) is 3.37. The molecule has 0 spiro atoms. The minimum absolute atomic E-state index is 0.0202. The fraction of sp³-hybridized carbons (Fsp3) is 0.250. The normalized spacial score (nSPS) is 11.0. The van der Waals surface area contributed by atoms with E-state index in [2.05, 4.69) is 20.3 Å². The van der Waals surface area contributed by atoms with Gasteiger partial charge in [0.1, 0.15) is 11.6 Å². The van der Waals surface area contributed by atoms with E-state index >= 15 is 0 Å². The molecule has 0 radical (unpaired) electrons. The van der Waals surface area contributed by atoms with Crippen molar-refractivity contribution in [1.29, 1.82) is 0 Å². The number of carbonyl (C=O) groups is 1. The quantitative estimate of drug-likeness (QED) is 0.407. The number of H-pyrrole nitrogens is 1. The zero-order valence-electron chi connectivity index (χ0n) is 18.1. The first-order valence-corrected chi connectivity index (χ1v) is 10.6. The van der Waals surface area contributed by atoms with E-state index in [0.717, 1.165) is 29.8 Å². The van der Waals surface area contributed by atoms with Gasteiger partial charge in [0.25, 0.3) is 0 Å². The molecule has 0 saturated heterocycles. The molecule has 0 saturated carbocycles. The van der Waals surface area contributed by atoms with Crippen molar-refractivity contribution in [2.75, 3.05) is 13.6 Å². The lowest BCUT2D eigenvalue weighted by Gasteiger charge is -2.16. The topological polar surface area (TPSA) is 87.9 Å². The second-order valence-corrected chi connectivity index (χ2v) is 7.72. The molecule has 1 amide bonds. The van der Waals surface area contributed by atoms with E-state index in [9.17, 15) is 13.6 Å². The van der Waals surface area contributed by atoms with Crippen LogP contribution >= 0.6 is 0 Å². The molecule has 0 unspecified atom stereocenters. The molecule has 2 aromatic carbocycles. The molecule has 33 heavy (non-hydrogen) atoms. The molecule has 9 heteroatoms. The van der Waals surface area contributed by atoms with Crippen LogP contribution in [0.3, 0.4) is 0 Å². The van der Waals surface area contributed by atoms with Gasteiger partial charge >= 0.3 is 0 Å². The molecule has 0 fully saturated rings. The number of amides is 1. The number of benzene rings is 2. The van der Waals surface area contributed by atoms with Crippen LogP contribution in [0.2, 0.25) is 0 Å². The molecular weight excluding hydrogens is 428 g/mol.